The van der Waals surface area contributed by atoms with Crippen LogP contribution in [-0.2, 0) is 0 Å². The Morgan fingerprint density at radius 2 is 1.71 bits per heavy atom. The molecule has 1 fully saturated rings. The lowest BCUT2D eigenvalue weighted by Gasteiger charge is -2.25. The van der Waals surface area contributed by atoms with Crippen LogP contribution in [0.3, 0.4) is 0 Å². The zero-order chi connectivity index (χ0) is 11.6. The predicted octanol–water partition coefficient (Wildman–Crippen LogP) is 0.857. The van der Waals surface area contributed by atoms with E-state index in [9.17, 15) is 8.78 Å². The highest BCUT2D eigenvalue weighted by Crippen LogP contribution is 2.17. The summed E-state index contributed by atoms with van der Waals surface area (Å²) in [6, 6.07) is 0. The molecule has 0 aromatic heterocycles. The van der Waals surface area contributed by atoms with E-state index in [1.807, 2.05) is 13.8 Å². The minimum Gasteiger partial charge on any atom is -0.400 e. The molecule has 0 aromatic rings. The normalized spacial score (nSPS) is 25.7. The van der Waals surface area contributed by atoms with Crippen molar-refractivity contribution in [3.05, 3.63) is 0 Å². The van der Waals surface area contributed by atoms with Gasteiger partial charge in [0.05, 0.1) is 6.10 Å². The number of aliphatic hydroxyl groups is 2. The largest absolute Gasteiger partial charge is 0.400 e. The third-order valence-corrected chi connectivity index (χ3v) is 1.72. The topological polar surface area (TPSA) is 52.5 Å². The Morgan fingerprint density at radius 1 is 1.21 bits per heavy atom. The molecule has 2 unspecified atom stereocenters. The number of hydrogen-bond donors (Lipinski definition) is 3. The van der Waals surface area contributed by atoms with Crippen molar-refractivity contribution in [1.29, 1.82) is 0 Å². The van der Waals surface area contributed by atoms with Gasteiger partial charge in [0.15, 0.2) is 0 Å². The summed E-state index contributed by atoms with van der Waals surface area (Å²) in [6.45, 7) is 4.78. The smallest absolute Gasteiger partial charge is 0.242 e. The molecule has 1 heterocycles. The maximum Gasteiger partial charge on any atom is 0.242 e. The number of aliphatic hydroxyl groups excluding tert-OH is 2. The van der Waals surface area contributed by atoms with Gasteiger partial charge in [0.2, 0.25) is 6.43 Å². The van der Waals surface area contributed by atoms with E-state index in [4.69, 9.17) is 10.2 Å². The molecule has 3 N–H and O–H groups in total. The van der Waals surface area contributed by atoms with Crippen LogP contribution in [0.4, 0.5) is 8.78 Å². The Bertz CT molecular complexity index is 115. The Balaban J connectivity index is 0. The summed E-state index contributed by atoms with van der Waals surface area (Å²) in [7, 11) is 1.00. The molecule has 0 bridgehead atoms. The first-order valence-corrected chi connectivity index (χ1v) is 4.82. The van der Waals surface area contributed by atoms with E-state index >= 15 is 0 Å². The van der Waals surface area contributed by atoms with Crippen molar-refractivity contribution in [2.24, 2.45) is 5.92 Å². The molecule has 1 rings (SSSR count). The minimum atomic E-state index is -2.30. The molecule has 1 aliphatic rings. The maximum atomic E-state index is 11.9. The lowest BCUT2D eigenvalue weighted by Crippen LogP contribution is -2.41. The fraction of sp³-hybridized carbons (Fsp3) is 1.00. The third-order valence-electron chi connectivity index (χ3n) is 1.72. The van der Waals surface area contributed by atoms with Gasteiger partial charge in [-0.15, -0.1) is 0 Å². The molecule has 2 atom stereocenters. The van der Waals surface area contributed by atoms with E-state index in [2.05, 4.69) is 5.32 Å². The summed E-state index contributed by atoms with van der Waals surface area (Å²) >= 11 is 0. The number of hydrogen-bond acceptors (Lipinski definition) is 3. The molecule has 14 heavy (non-hydrogen) atoms. The first-order valence-electron chi connectivity index (χ1n) is 4.82. The molecule has 0 saturated carbocycles. The van der Waals surface area contributed by atoms with Crippen molar-refractivity contribution in [1.82, 2.24) is 5.32 Å². The SMILES string of the molecule is CC.CO.OC1CNCC(C(F)F)C1. The average Bonchev–Trinajstić information content (AvgIpc) is 2.24. The van der Waals surface area contributed by atoms with E-state index in [-0.39, 0.29) is 6.42 Å². The van der Waals surface area contributed by atoms with Crippen LogP contribution in [0.1, 0.15) is 20.3 Å². The van der Waals surface area contributed by atoms with Crippen LogP contribution in [0.2, 0.25) is 0 Å². The van der Waals surface area contributed by atoms with Crippen LogP contribution < -0.4 is 5.32 Å². The number of alkyl halides is 2. The molecular formula is C9H21F2NO2. The van der Waals surface area contributed by atoms with E-state index < -0.39 is 18.4 Å². The summed E-state index contributed by atoms with van der Waals surface area (Å²) in [6.07, 6.45) is -2.67. The van der Waals surface area contributed by atoms with Gasteiger partial charge < -0.3 is 15.5 Å². The lowest BCUT2D eigenvalue weighted by atomic mass is 9.98. The molecule has 5 heteroatoms. The van der Waals surface area contributed by atoms with Crippen molar-refractivity contribution >= 4 is 0 Å². The highest BCUT2D eigenvalue weighted by Gasteiger charge is 2.26. The van der Waals surface area contributed by atoms with Crippen molar-refractivity contribution in [3.63, 3.8) is 0 Å². The standard InChI is InChI=1S/C6H11F2NO.C2H6.CH4O/c7-6(8)4-1-5(10)3-9-2-4;2*1-2/h4-6,9-10H,1-3H2;1-2H3;2H,1H3. The Morgan fingerprint density at radius 3 is 2.00 bits per heavy atom. The molecule has 1 saturated heterocycles. The average molecular weight is 213 g/mol. The van der Waals surface area contributed by atoms with Crippen molar-refractivity contribution in [3.8, 4) is 0 Å². The van der Waals surface area contributed by atoms with Gasteiger partial charge in [0, 0.05) is 26.1 Å². The summed E-state index contributed by atoms with van der Waals surface area (Å²) in [5.74, 6) is -0.663. The molecule has 0 spiro atoms. The Labute approximate surface area is 84.1 Å². The summed E-state index contributed by atoms with van der Waals surface area (Å²) in [4.78, 5) is 0. The first kappa shape index (κ1) is 16.2. The second-order valence-electron chi connectivity index (χ2n) is 2.64. The van der Waals surface area contributed by atoms with E-state index in [1.165, 1.54) is 0 Å². The molecular weight excluding hydrogens is 192 g/mol. The number of nitrogens with one attached hydrogen (secondary N) is 1. The van der Waals surface area contributed by atoms with Crippen LogP contribution in [0.5, 0.6) is 0 Å². The molecule has 0 aliphatic carbocycles. The first-order chi connectivity index (χ1) is 6.70. The molecule has 0 aromatic carbocycles. The quantitative estimate of drug-likeness (QED) is 0.605. The highest BCUT2D eigenvalue weighted by atomic mass is 19.3. The number of piperidine rings is 1. The monoisotopic (exact) mass is 213 g/mol. The van der Waals surface area contributed by atoms with Gasteiger partial charge in [0.25, 0.3) is 0 Å². The second kappa shape index (κ2) is 10.8. The summed E-state index contributed by atoms with van der Waals surface area (Å²) < 4.78 is 23.9. The molecule has 3 nitrogen and oxygen atoms in total. The minimum absolute atomic E-state index is 0.227. The van der Waals surface area contributed by atoms with Gasteiger partial charge in [0.1, 0.15) is 0 Å². The highest BCUT2D eigenvalue weighted by molar-refractivity contribution is 4.76. The molecule has 1 aliphatic heterocycles. The second-order valence-corrected chi connectivity index (χ2v) is 2.64. The van der Waals surface area contributed by atoms with E-state index in [1.54, 1.807) is 0 Å². The van der Waals surface area contributed by atoms with Crippen molar-refractivity contribution in [2.75, 3.05) is 20.2 Å². The van der Waals surface area contributed by atoms with E-state index in [0.717, 1.165) is 7.11 Å². The molecule has 0 radical (unpaired) electrons. The fourth-order valence-corrected chi connectivity index (χ4v) is 1.14. The van der Waals surface area contributed by atoms with Crippen LogP contribution in [0.25, 0.3) is 0 Å². The third kappa shape index (κ3) is 7.17. The lowest BCUT2D eigenvalue weighted by molar-refractivity contribution is 0.0203. The Kier molecular flexibility index (Phi) is 12.5. The van der Waals surface area contributed by atoms with Crippen LogP contribution in [0.15, 0.2) is 0 Å². The van der Waals surface area contributed by atoms with Crippen LogP contribution >= 0.6 is 0 Å². The van der Waals surface area contributed by atoms with Crippen molar-refractivity contribution in [2.45, 2.75) is 32.8 Å². The van der Waals surface area contributed by atoms with E-state index in [0.29, 0.717) is 13.1 Å². The summed E-state index contributed by atoms with van der Waals surface area (Å²) in [5, 5.41) is 18.7. The van der Waals surface area contributed by atoms with Crippen molar-refractivity contribution < 1.29 is 19.0 Å². The molecule has 88 valence electrons. The Hall–Kier alpha value is -0.260. The zero-order valence-corrected chi connectivity index (χ0v) is 9.00. The maximum absolute atomic E-state index is 11.9. The van der Waals surface area contributed by atoms with Gasteiger partial charge >= 0.3 is 0 Å². The van der Waals surface area contributed by atoms with Gasteiger partial charge in [-0.2, -0.15) is 0 Å². The fourth-order valence-electron chi connectivity index (χ4n) is 1.14. The zero-order valence-electron chi connectivity index (χ0n) is 9.00. The number of rotatable bonds is 1. The van der Waals surface area contributed by atoms with Crippen LogP contribution in [0, 0.1) is 5.92 Å². The number of β-amino-alcohol motifs (C(OH)–C–C–N with tert-alkyl or cyclic N) is 1. The number of halogens is 2. The van der Waals surface area contributed by atoms with Gasteiger partial charge in [-0.3, -0.25) is 0 Å². The predicted molar refractivity (Wildman–Crippen MR) is 52.5 cm³/mol. The van der Waals surface area contributed by atoms with Gasteiger partial charge in [-0.05, 0) is 6.42 Å². The summed E-state index contributed by atoms with van der Waals surface area (Å²) in [5.41, 5.74) is 0. The molecule has 0 amide bonds. The van der Waals surface area contributed by atoms with Crippen LogP contribution in [-0.4, -0.2) is 42.9 Å². The van der Waals surface area contributed by atoms with Gasteiger partial charge in [-0.25, -0.2) is 8.78 Å². The van der Waals surface area contributed by atoms with Gasteiger partial charge in [-0.1, -0.05) is 13.8 Å².